The van der Waals surface area contributed by atoms with Gasteiger partial charge in [-0.05, 0) is 44.8 Å². The minimum atomic E-state index is 0.162. The predicted octanol–water partition coefficient (Wildman–Crippen LogP) is 2.66. The SMILES string of the molecule is CCCN(Cc1ccn(C(C)C)n1)CC(C)(C)CN. The van der Waals surface area contributed by atoms with E-state index >= 15 is 0 Å². The van der Waals surface area contributed by atoms with Crippen molar-refractivity contribution in [3.63, 3.8) is 0 Å². The Balaban J connectivity index is 2.66. The van der Waals surface area contributed by atoms with Crippen LogP contribution in [0, 0.1) is 5.41 Å². The molecule has 0 aromatic carbocycles. The van der Waals surface area contributed by atoms with Gasteiger partial charge in [0.15, 0.2) is 0 Å². The number of rotatable bonds is 8. The van der Waals surface area contributed by atoms with Crippen LogP contribution in [0.15, 0.2) is 12.3 Å². The molecule has 0 unspecified atom stereocenters. The van der Waals surface area contributed by atoms with Crippen LogP contribution in [0.2, 0.25) is 0 Å². The fourth-order valence-corrected chi connectivity index (χ4v) is 2.18. The standard InChI is InChI=1S/C15H30N4/c1-6-8-18(12-15(4,5)11-16)10-14-7-9-19(17-14)13(2)3/h7,9,13H,6,8,10-12,16H2,1-5H3. The Kier molecular flexibility index (Phi) is 6.01. The van der Waals surface area contributed by atoms with Crippen molar-refractivity contribution in [2.24, 2.45) is 11.1 Å². The number of hydrogen-bond donors (Lipinski definition) is 1. The van der Waals surface area contributed by atoms with E-state index in [1.54, 1.807) is 0 Å². The summed E-state index contributed by atoms with van der Waals surface area (Å²) in [6.45, 7) is 14.7. The summed E-state index contributed by atoms with van der Waals surface area (Å²) in [6.07, 6.45) is 3.23. The van der Waals surface area contributed by atoms with Gasteiger partial charge in [-0.25, -0.2) is 0 Å². The van der Waals surface area contributed by atoms with Gasteiger partial charge >= 0.3 is 0 Å². The molecule has 0 saturated carbocycles. The Labute approximate surface area is 118 Å². The van der Waals surface area contributed by atoms with E-state index in [0.717, 1.165) is 31.7 Å². The van der Waals surface area contributed by atoms with Crippen molar-refractivity contribution in [3.05, 3.63) is 18.0 Å². The highest BCUT2D eigenvalue weighted by Crippen LogP contribution is 2.17. The fourth-order valence-electron chi connectivity index (χ4n) is 2.18. The molecule has 0 fully saturated rings. The number of nitrogens with zero attached hydrogens (tertiary/aromatic N) is 3. The van der Waals surface area contributed by atoms with Gasteiger partial charge in [0.25, 0.3) is 0 Å². The lowest BCUT2D eigenvalue weighted by atomic mass is 9.93. The number of hydrogen-bond acceptors (Lipinski definition) is 3. The summed E-state index contributed by atoms with van der Waals surface area (Å²) in [5.74, 6) is 0. The van der Waals surface area contributed by atoms with Gasteiger partial charge in [-0.3, -0.25) is 9.58 Å². The third-order valence-corrected chi connectivity index (χ3v) is 3.32. The second-order valence-electron chi connectivity index (χ2n) is 6.46. The summed E-state index contributed by atoms with van der Waals surface area (Å²) in [6, 6.07) is 2.55. The monoisotopic (exact) mass is 266 g/mol. The molecule has 4 heteroatoms. The molecular formula is C15H30N4. The minimum Gasteiger partial charge on any atom is -0.330 e. The third-order valence-electron chi connectivity index (χ3n) is 3.32. The van der Waals surface area contributed by atoms with Crippen LogP contribution in [-0.4, -0.2) is 34.3 Å². The number of nitrogens with two attached hydrogens (primary N) is 1. The molecule has 4 nitrogen and oxygen atoms in total. The van der Waals surface area contributed by atoms with E-state index in [1.165, 1.54) is 0 Å². The molecule has 0 aliphatic carbocycles. The van der Waals surface area contributed by atoms with E-state index in [2.05, 4.69) is 56.9 Å². The van der Waals surface area contributed by atoms with Gasteiger partial charge in [0.1, 0.15) is 0 Å². The molecule has 1 aromatic rings. The highest BCUT2D eigenvalue weighted by Gasteiger charge is 2.20. The molecule has 0 aliphatic rings. The lowest BCUT2D eigenvalue weighted by Gasteiger charge is -2.31. The molecule has 0 saturated heterocycles. The predicted molar refractivity (Wildman–Crippen MR) is 81.0 cm³/mol. The molecule has 2 N–H and O–H groups in total. The Hall–Kier alpha value is -0.870. The molecule has 0 amide bonds. The summed E-state index contributed by atoms with van der Waals surface area (Å²) in [7, 11) is 0. The summed E-state index contributed by atoms with van der Waals surface area (Å²) >= 11 is 0. The molecule has 0 radical (unpaired) electrons. The largest absolute Gasteiger partial charge is 0.330 e. The van der Waals surface area contributed by atoms with Gasteiger partial charge in [0, 0.05) is 25.3 Å². The lowest BCUT2D eigenvalue weighted by molar-refractivity contribution is 0.174. The van der Waals surface area contributed by atoms with Crippen LogP contribution >= 0.6 is 0 Å². The number of aromatic nitrogens is 2. The van der Waals surface area contributed by atoms with Gasteiger partial charge in [-0.15, -0.1) is 0 Å². The summed E-state index contributed by atoms with van der Waals surface area (Å²) in [4.78, 5) is 2.46. The molecule has 0 aliphatic heterocycles. The molecular weight excluding hydrogens is 236 g/mol. The van der Waals surface area contributed by atoms with Gasteiger partial charge in [0.05, 0.1) is 5.69 Å². The van der Waals surface area contributed by atoms with Crippen molar-refractivity contribution < 1.29 is 0 Å². The van der Waals surface area contributed by atoms with Gasteiger partial charge in [0.2, 0.25) is 0 Å². The van der Waals surface area contributed by atoms with Crippen molar-refractivity contribution in [2.45, 2.75) is 53.6 Å². The van der Waals surface area contributed by atoms with Crippen molar-refractivity contribution in [1.29, 1.82) is 0 Å². The Bertz CT molecular complexity index is 368. The molecule has 0 bridgehead atoms. The molecule has 110 valence electrons. The van der Waals surface area contributed by atoms with Crippen LogP contribution < -0.4 is 5.73 Å². The maximum absolute atomic E-state index is 5.84. The lowest BCUT2D eigenvalue weighted by Crippen LogP contribution is -2.38. The van der Waals surface area contributed by atoms with Gasteiger partial charge in [-0.2, -0.15) is 5.10 Å². The van der Waals surface area contributed by atoms with Crippen molar-refractivity contribution in [2.75, 3.05) is 19.6 Å². The topological polar surface area (TPSA) is 47.1 Å². The van der Waals surface area contributed by atoms with Crippen LogP contribution in [-0.2, 0) is 6.54 Å². The van der Waals surface area contributed by atoms with E-state index < -0.39 is 0 Å². The second kappa shape index (κ2) is 7.06. The first kappa shape index (κ1) is 16.2. The van der Waals surface area contributed by atoms with Crippen molar-refractivity contribution in [3.8, 4) is 0 Å². The first-order chi connectivity index (χ1) is 8.88. The maximum atomic E-state index is 5.84. The fraction of sp³-hybridized carbons (Fsp3) is 0.800. The van der Waals surface area contributed by atoms with Crippen LogP contribution in [0.25, 0.3) is 0 Å². The quantitative estimate of drug-likeness (QED) is 0.787. The van der Waals surface area contributed by atoms with Crippen LogP contribution in [0.5, 0.6) is 0 Å². The zero-order chi connectivity index (χ0) is 14.5. The molecule has 19 heavy (non-hydrogen) atoms. The van der Waals surface area contributed by atoms with Crippen LogP contribution in [0.4, 0.5) is 0 Å². The van der Waals surface area contributed by atoms with E-state index in [-0.39, 0.29) is 5.41 Å². The third kappa shape index (κ3) is 5.33. The Morgan fingerprint density at radius 2 is 2.11 bits per heavy atom. The first-order valence-electron chi connectivity index (χ1n) is 7.34. The molecule has 1 aromatic heterocycles. The molecule has 0 atom stereocenters. The zero-order valence-electron chi connectivity index (χ0n) is 13.2. The Morgan fingerprint density at radius 1 is 1.42 bits per heavy atom. The maximum Gasteiger partial charge on any atom is 0.0764 e. The van der Waals surface area contributed by atoms with Gasteiger partial charge < -0.3 is 5.73 Å². The van der Waals surface area contributed by atoms with Gasteiger partial charge in [-0.1, -0.05) is 20.8 Å². The Morgan fingerprint density at radius 3 is 2.58 bits per heavy atom. The zero-order valence-corrected chi connectivity index (χ0v) is 13.2. The average Bonchev–Trinajstić information content (AvgIpc) is 2.77. The highest BCUT2D eigenvalue weighted by atomic mass is 15.3. The highest BCUT2D eigenvalue weighted by molar-refractivity contribution is 4.99. The summed E-state index contributed by atoms with van der Waals surface area (Å²) < 4.78 is 2.02. The van der Waals surface area contributed by atoms with E-state index in [4.69, 9.17) is 5.73 Å². The van der Waals surface area contributed by atoms with Crippen molar-refractivity contribution in [1.82, 2.24) is 14.7 Å². The summed E-state index contributed by atoms with van der Waals surface area (Å²) in [5, 5.41) is 4.63. The average molecular weight is 266 g/mol. The second-order valence-corrected chi connectivity index (χ2v) is 6.46. The normalized spacial score (nSPS) is 12.6. The molecule has 1 rings (SSSR count). The van der Waals surface area contributed by atoms with Crippen LogP contribution in [0.1, 0.15) is 52.8 Å². The van der Waals surface area contributed by atoms with Crippen LogP contribution in [0.3, 0.4) is 0 Å². The van der Waals surface area contributed by atoms with Crippen molar-refractivity contribution >= 4 is 0 Å². The minimum absolute atomic E-state index is 0.162. The van der Waals surface area contributed by atoms with E-state index in [9.17, 15) is 0 Å². The molecule has 1 heterocycles. The smallest absolute Gasteiger partial charge is 0.0764 e. The van der Waals surface area contributed by atoms with E-state index in [0.29, 0.717) is 12.6 Å². The molecule has 0 spiro atoms. The first-order valence-corrected chi connectivity index (χ1v) is 7.34. The summed E-state index contributed by atoms with van der Waals surface area (Å²) in [5.41, 5.74) is 7.15. The van der Waals surface area contributed by atoms with E-state index in [1.807, 2.05) is 4.68 Å².